The van der Waals surface area contributed by atoms with Crippen LogP contribution < -0.4 is 5.43 Å². The minimum atomic E-state index is 0.442. The summed E-state index contributed by atoms with van der Waals surface area (Å²) >= 11 is 0. The number of benzene rings is 2. The summed E-state index contributed by atoms with van der Waals surface area (Å²) in [6, 6.07) is 15.0. The van der Waals surface area contributed by atoms with Gasteiger partial charge in [-0.05, 0) is 46.6 Å². The predicted octanol–water partition coefficient (Wildman–Crippen LogP) is 6.61. The number of hydrogen-bond donors (Lipinski definition) is 1. The monoisotopic (exact) mass is 387 g/mol. The average molecular weight is 388 g/mol. The van der Waals surface area contributed by atoms with Crippen molar-refractivity contribution >= 4 is 17.5 Å². The first kappa shape index (κ1) is 20.9. The topological polar surface area (TPSA) is 27.6 Å². The predicted molar refractivity (Wildman–Crippen MR) is 127 cm³/mol. The molecule has 1 aliphatic carbocycles. The largest absolute Gasteiger partial charge is 0.378 e. The number of nitrogens with one attached hydrogen (secondary N) is 1. The lowest BCUT2D eigenvalue weighted by Crippen LogP contribution is -2.07. The molecular weight excluding hydrogens is 354 g/mol. The molecular formula is C26H33N3. The lowest BCUT2D eigenvalue weighted by molar-refractivity contribution is 0.531. The average Bonchev–Trinajstić information content (AvgIpc) is 3.18. The molecule has 29 heavy (non-hydrogen) atoms. The molecule has 0 saturated heterocycles. The van der Waals surface area contributed by atoms with E-state index in [2.05, 4.69) is 112 Å². The van der Waals surface area contributed by atoms with Crippen LogP contribution in [0.25, 0.3) is 5.57 Å². The Labute approximate surface area is 175 Å². The van der Waals surface area contributed by atoms with Gasteiger partial charge in [0.1, 0.15) is 0 Å². The third kappa shape index (κ3) is 4.79. The summed E-state index contributed by atoms with van der Waals surface area (Å²) in [6.45, 7) is 8.91. The maximum atomic E-state index is 4.65. The van der Waals surface area contributed by atoms with Crippen LogP contribution in [0, 0.1) is 0 Å². The number of hydrogen-bond acceptors (Lipinski definition) is 3. The molecule has 1 N–H and O–H groups in total. The molecule has 0 fully saturated rings. The van der Waals surface area contributed by atoms with E-state index < -0.39 is 0 Å². The highest BCUT2D eigenvalue weighted by molar-refractivity contribution is 5.90. The van der Waals surface area contributed by atoms with Crippen molar-refractivity contribution in [2.75, 3.05) is 19.5 Å². The molecule has 0 unspecified atom stereocenters. The van der Waals surface area contributed by atoms with Crippen LogP contribution in [-0.2, 0) is 0 Å². The normalized spacial score (nSPS) is 13.9. The number of para-hydroxylation sites is 1. The fourth-order valence-electron chi connectivity index (χ4n) is 3.76. The van der Waals surface area contributed by atoms with E-state index in [1.807, 2.05) is 6.21 Å². The zero-order valence-corrected chi connectivity index (χ0v) is 18.5. The van der Waals surface area contributed by atoms with Crippen LogP contribution in [-0.4, -0.2) is 25.2 Å². The number of allylic oxidation sites excluding steroid dienone is 3. The summed E-state index contributed by atoms with van der Waals surface area (Å²) in [4.78, 5) is 2.15. The summed E-state index contributed by atoms with van der Waals surface area (Å²) < 4.78 is 0. The number of hydrazone groups is 1. The maximum Gasteiger partial charge on any atom is 0.0630 e. The van der Waals surface area contributed by atoms with Crippen molar-refractivity contribution in [2.45, 2.75) is 46.0 Å². The Morgan fingerprint density at radius 2 is 1.59 bits per heavy atom. The highest BCUT2D eigenvalue weighted by Crippen LogP contribution is 2.33. The van der Waals surface area contributed by atoms with Gasteiger partial charge in [-0.3, -0.25) is 5.43 Å². The van der Waals surface area contributed by atoms with Crippen LogP contribution in [0.3, 0.4) is 0 Å². The lowest BCUT2D eigenvalue weighted by Gasteiger charge is -2.18. The molecule has 0 aromatic heterocycles. The Bertz CT molecular complexity index is 920. The molecule has 0 heterocycles. The van der Waals surface area contributed by atoms with E-state index in [4.69, 9.17) is 0 Å². The Hall–Kier alpha value is -2.81. The molecule has 152 valence electrons. The third-order valence-corrected chi connectivity index (χ3v) is 5.43. The summed E-state index contributed by atoms with van der Waals surface area (Å²) in [7, 11) is 4.17. The van der Waals surface area contributed by atoms with E-state index in [0.29, 0.717) is 11.8 Å². The second kappa shape index (κ2) is 9.13. The number of rotatable bonds is 7. The minimum absolute atomic E-state index is 0.442. The third-order valence-electron chi connectivity index (χ3n) is 5.43. The molecule has 1 aliphatic rings. The van der Waals surface area contributed by atoms with E-state index in [1.54, 1.807) is 0 Å². The lowest BCUT2D eigenvalue weighted by atomic mass is 9.93. The first-order valence-electron chi connectivity index (χ1n) is 10.5. The highest BCUT2D eigenvalue weighted by atomic mass is 15.3. The maximum absolute atomic E-state index is 4.65. The molecule has 3 rings (SSSR count). The van der Waals surface area contributed by atoms with Crippen molar-refractivity contribution in [3.63, 3.8) is 0 Å². The number of nitrogens with zero attached hydrogens (tertiary/aromatic N) is 2. The van der Waals surface area contributed by atoms with Crippen LogP contribution >= 0.6 is 0 Å². The Kier molecular flexibility index (Phi) is 6.58. The Morgan fingerprint density at radius 1 is 0.931 bits per heavy atom. The van der Waals surface area contributed by atoms with Crippen molar-refractivity contribution in [3.05, 3.63) is 82.6 Å². The van der Waals surface area contributed by atoms with Gasteiger partial charge in [0.2, 0.25) is 0 Å². The van der Waals surface area contributed by atoms with Crippen molar-refractivity contribution in [2.24, 2.45) is 5.10 Å². The zero-order chi connectivity index (χ0) is 21.0. The fraction of sp³-hybridized carbons (Fsp3) is 0.346. The van der Waals surface area contributed by atoms with E-state index in [0.717, 1.165) is 17.7 Å². The molecule has 3 heteroatoms. The quantitative estimate of drug-likeness (QED) is 0.427. The van der Waals surface area contributed by atoms with Gasteiger partial charge in [0.15, 0.2) is 0 Å². The molecule has 0 spiro atoms. The molecule has 2 aromatic rings. The number of likely N-dealkylation sites (N-methyl/N-ethyl adjacent to an activating group) is 1. The van der Waals surface area contributed by atoms with Gasteiger partial charge in [-0.25, -0.2) is 0 Å². The zero-order valence-electron chi connectivity index (χ0n) is 18.5. The summed E-state index contributed by atoms with van der Waals surface area (Å²) in [5.74, 6) is 0.885. The summed E-state index contributed by atoms with van der Waals surface area (Å²) in [5.41, 5.74) is 12.1. The number of anilines is 1. The van der Waals surface area contributed by atoms with Crippen molar-refractivity contribution in [1.82, 2.24) is 4.90 Å². The summed E-state index contributed by atoms with van der Waals surface area (Å²) in [6.07, 6.45) is 7.45. The van der Waals surface area contributed by atoms with E-state index in [-0.39, 0.29) is 0 Å². The van der Waals surface area contributed by atoms with E-state index in [1.165, 1.54) is 28.0 Å². The Balaban J connectivity index is 1.88. The molecule has 2 aromatic carbocycles. The Morgan fingerprint density at radius 3 is 2.17 bits per heavy atom. The van der Waals surface area contributed by atoms with E-state index in [9.17, 15) is 0 Å². The van der Waals surface area contributed by atoms with Crippen LogP contribution in [0.4, 0.5) is 5.69 Å². The smallest absolute Gasteiger partial charge is 0.0630 e. The van der Waals surface area contributed by atoms with Crippen LogP contribution in [0.2, 0.25) is 0 Å². The fourth-order valence-corrected chi connectivity index (χ4v) is 3.76. The molecule has 0 aliphatic heterocycles. The van der Waals surface area contributed by atoms with Gasteiger partial charge >= 0.3 is 0 Å². The van der Waals surface area contributed by atoms with Crippen LogP contribution in [0.1, 0.15) is 68.2 Å². The van der Waals surface area contributed by atoms with Crippen LogP contribution in [0.5, 0.6) is 0 Å². The van der Waals surface area contributed by atoms with E-state index >= 15 is 0 Å². The van der Waals surface area contributed by atoms with Gasteiger partial charge < -0.3 is 4.90 Å². The van der Waals surface area contributed by atoms with Crippen molar-refractivity contribution < 1.29 is 0 Å². The molecule has 0 atom stereocenters. The SMILES string of the molecule is CC(C)c1cccc(C(C)C)c1N/N=C/c1ccccc1C1=CC(N(C)C)=CC1. The molecule has 0 radical (unpaired) electrons. The van der Waals surface area contributed by atoms with Crippen molar-refractivity contribution in [1.29, 1.82) is 0 Å². The van der Waals surface area contributed by atoms with Gasteiger partial charge in [-0.15, -0.1) is 0 Å². The second-order valence-electron chi connectivity index (χ2n) is 8.48. The van der Waals surface area contributed by atoms with Crippen LogP contribution in [0.15, 0.2) is 65.4 Å². The standard InChI is InChI=1S/C26H33N3/c1-18(2)23-12-9-13-24(19(3)4)26(23)28-27-17-21-10-7-8-11-25(21)20-14-15-22(16-20)29(5)6/h7-13,15-19,28H,14H2,1-6H3/b27-17+. The van der Waals surface area contributed by atoms with Gasteiger partial charge in [-0.1, -0.05) is 76.2 Å². The summed E-state index contributed by atoms with van der Waals surface area (Å²) in [5, 5.41) is 4.65. The first-order chi connectivity index (χ1) is 13.9. The molecule has 0 bridgehead atoms. The van der Waals surface area contributed by atoms with Crippen molar-refractivity contribution in [3.8, 4) is 0 Å². The highest BCUT2D eigenvalue weighted by Gasteiger charge is 2.14. The van der Waals surface area contributed by atoms with Gasteiger partial charge in [0.05, 0.1) is 11.9 Å². The second-order valence-corrected chi connectivity index (χ2v) is 8.48. The molecule has 3 nitrogen and oxygen atoms in total. The van der Waals surface area contributed by atoms with Gasteiger partial charge in [0, 0.05) is 25.4 Å². The molecule has 0 saturated carbocycles. The minimum Gasteiger partial charge on any atom is -0.378 e. The molecule has 0 amide bonds. The van der Waals surface area contributed by atoms with Gasteiger partial charge in [-0.2, -0.15) is 5.10 Å². The van der Waals surface area contributed by atoms with Gasteiger partial charge in [0.25, 0.3) is 0 Å². The first-order valence-corrected chi connectivity index (χ1v) is 10.5.